The summed E-state index contributed by atoms with van der Waals surface area (Å²) in [5.74, 6) is 0. The molecule has 0 aliphatic rings. The molecule has 110 valence electrons. The second kappa shape index (κ2) is 20.6. The van der Waals surface area contributed by atoms with Crippen molar-refractivity contribution in [2.45, 2.75) is 19.6 Å². The zero-order valence-electron chi connectivity index (χ0n) is 8.63. The van der Waals surface area contributed by atoms with Crippen LogP contribution in [0.1, 0.15) is 0 Å². The zero-order chi connectivity index (χ0) is 11.7. The third kappa shape index (κ3) is 64100. The Morgan fingerprint density at radius 3 is 0.750 bits per heavy atom. The molecule has 0 atom stereocenters. The molecule has 0 rings (SSSR count). The van der Waals surface area contributed by atoms with Crippen LogP contribution in [0.5, 0.6) is 0 Å². The van der Waals surface area contributed by atoms with Crippen LogP contribution in [0.4, 0.5) is 26.3 Å². The summed E-state index contributed by atoms with van der Waals surface area (Å²) in [5.41, 5.74) is 0. The van der Waals surface area contributed by atoms with Crippen molar-refractivity contribution in [1.29, 1.82) is 0 Å². The van der Waals surface area contributed by atoms with E-state index in [9.17, 15) is 31.1 Å². The first-order valence-electron chi connectivity index (χ1n) is 2.84. The van der Waals surface area contributed by atoms with Crippen LogP contribution >= 0.6 is 0 Å². The second-order valence-corrected chi connectivity index (χ2v) is 6.77. The van der Waals surface area contributed by atoms with Crippen LogP contribution in [0, 0.1) is 13.4 Å². The van der Waals surface area contributed by atoms with E-state index in [1.165, 1.54) is 0 Å². The first-order valence-corrected chi connectivity index (χ1v) is 6.25. The normalized spacial score (nSPS) is 8.25. The standard InChI is InChI=1S/C3H9OSi.2CF3.Cu.2H2N/c1-5(2,3)4;2*2-1(3)4;;;/h1-3H3;;;;2*1H2/q3*-1;+1;2*-1. The monoisotopic (exact) mass is 322 g/mol. The number of hydrogen-bond acceptors (Lipinski definition) is 1. The third-order valence-corrected chi connectivity index (χ3v) is 0. The van der Waals surface area contributed by atoms with Gasteiger partial charge in [-0.2, -0.15) is 0 Å². The van der Waals surface area contributed by atoms with Crippen LogP contribution in [-0.4, -0.2) is 8.32 Å². The first-order chi connectivity index (χ1) is 5.46. The maximum atomic E-state index is 10.2. The summed E-state index contributed by atoms with van der Waals surface area (Å²) in [5, 5.41) is 0. The molecule has 0 saturated heterocycles. The Morgan fingerprint density at radius 1 is 0.750 bits per heavy atom. The van der Waals surface area contributed by atoms with Gasteiger partial charge < -0.3 is 43.4 Å². The Balaban J connectivity index is -0.0000000216. The maximum Gasteiger partial charge on any atom is 1.00 e. The molecule has 0 saturated carbocycles. The van der Waals surface area contributed by atoms with Gasteiger partial charge in [-0.15, -0.1) is 0 Å². The van der Waals surface area contributed by atoms with Gasteiger partial charge in [0.1, 0.15) is 0 Å². The van der Waals surface area contributed by atoms with Crippen molar-refractivity contribution < 1.29 is 48.2 Å². The van der Waals surface area contributed by atoms with Crippen LogP contribution in [0.25, 0.3) is 12.3 Å². The van der Waals surface area contributed by atoms with E-state index in [1.807, 2.05) is 0 Å². The average Bonchev–Trinajstić information content (AvgIpc) is 1.50. The Labute approximate surface area is 102 Å². The summed E-state index contributed by atoms with van der Waals surface area (Å²) in [6, 6.07) is 0. The Hall–Kier alpha value is 0.196. The quantitative estimate of drug-likeness (QED) is 0.371. The molecule has 4 N–H and O–H groups in total. The summed E-state index contributed by atoms with van der Waals surface area (Å²) in [6.07, 6.45) is 0. The first kappa shape index (κ1) is 36.0. The fourth-order valence-electron chi connectivity index (χ4n) is 0. The molecule has 11 heteroatoms. The van der Waals surface area contributed by atoms with Crippen molar-refractivity contribution in [1.82, 2.24) is 0 Å². The predicted octanol–water partition coefficient (Wildman–Crippen LogP) is 4.30. The Bertz CT molecular complexity index is 89.9. The van der Waals surface area contributed by atoms with E-state index in [-0.39, 0.29) is 29.4 Å². The van der Waals surface area contributed by atoms with E-state index >= 15 is 0 Å². The van der Waals surface area contributed by atoms with Gasteiger partial charge in [-0.3, -0.25) is 0 Å². The van der Waals surface area contributed by atoms with Gasteiger partial charge in [0.15, 0.2) is 13.4 Å². The molecule has 0 bridgehead atoms. The molecule has 3 nitrogen and oxygen atoms in total. The topological polar surface area (TPSA) is 90.1 Å². The average molecular weight is 323 g/mol. The van der Waals surface area contributed by atoms with Crippen LogP contribution in [0.15, 0.2) is 0 Å². The summed E-state index contributed by atoms with van der Waals surface area (Å²) in [7, 11) is -1.86. The van der Waals surface area contributed by atoms with E-state index in [0.717, 1.165) is 0 Å². The SMILES string of the molecule is C[Si](C)(C)[O-].F[C-](F)F.F[C-](F)F.[Cu+].[NH2-].[NH2-]. The summed E-state index contributed by atoms with van der Waals surface area (Å²) in [6.45, 7) is -0.854. The van der Waals surface area contributed by atoms with E-state index in [0.29, 0.717) is 0 Å². The molecule has 0 aliphatic heterocycles. The minimum Gasteiger partial charge on any atom is -0.859 e. The van der Waals surface area contributed by atoms with Crippen LogP contribution < -0.4 is 4.80 Å². The fraction of sp³-hybridized carbons (Fsp3) is 0.600. The molecule has 0 aromatic carbocycles. The van der Waals surface area contributed by atoms with E-state index in [2.05, 4.69) is 0 Å². The Kier molecular flexibility index (Phi) is 46.3. The second-order valence-electron chi connectivity index (χ2n) is 2.54. The van der Waals surface area contributed by atoms with E-state index in [4.69, 9.17) is 0 Å². The molecule has 16 heavy (non-hydrogen) atoms. The van der Waals surface area contributed by atoms with Crippen molar-refractivity contribution >= 4 is 8.32 Å². The minimum atomic E-state index is -3.08. The van der Waals surface area contributed by atoms with Gasteiger partial charge in [-0.05, 0) is 0 Å². The predicted molar refractivity (Wildman–Crippen MR) is 47.0 cm³/mol. The van der Waals surface area contributed by atoms with Gasteiger partial charge in [0, 0.05) is 0 Å². The zero-order valence-corrected chi connectivity index (χ0v) is 10.6. The van der Waals surface area contributed by atoms with Crippen molar-refractivity contribution in [3.8, 4) is 0 Å². The molecular formula is C5H13CuF6N2OSi-4. The van der Waals surface area contributed by atoms with Crippen molar-refractivity contribution in [2.75, 3.05) is 0 Å². The maximum absolute atomic E-state index is 10.2. The van der Waals surface area contributed by atoms with Gasteiger partial charge in [0.05, 0.1) is 0 Å². The summed E-state index contributed by atoms with van der Waals surface area (Å²) < 4.78 is 57.5. The number of halogens is 6. The third-order valence-electron chi connectivity index (χ3n) is 0. The number of rotatable bonds is 0. The number of nitrogens with two attached hydrogens (primary N) is 2. The molecule has 0 aromatic rings. The summed E-state index contributed by atoms with van der Waals surface area (Å²) in [4.78, 5) is 10.2. The van der Waals surface area contributed by atoms with Gasteiger partial charge in [-0.25, -0.2) is 0 Å². The molecule has 0 amide bonds. The summed E-state index contributed by atoms with van der Waals surface area (Å²) >= 11 is 0. The van der Waals surface area contributed by atoms with Crippen molar-refractivity contribution in [3.63, 3.8) is 0 Å². The fourth-order valence-corrected chi connectivity index (χ4v) is 0. The largest absolute Gasteiger partial charge is 1.00 e. The molecular weight excluding hydrogens is 310 g/mol. The van der Waals surface area contributed by atoms with Gasteiger partial charge >= 0.3 is 17.1 Å². The molecule has 0 unspecified atom stereocenters. The smallest absolute Gasteiger partial charge is 0.859 e. The molecule has 0 aliphatic carbocycles. The van der Waals surface area contributed by atoms with E-state index < -0.39 is 21.7 Å². The van der Waals surface area contributed by atoms with Crippen molar-refractivity contribution in [2.24, 2.45) is 0 Å². The van der Waals surface area contributed by atoms with Gasteiger partial charge in [-0.1, -0.05) is 28.0 Å². The van der Waals surface area contributed by atoms with Crippen LogP contribution in [-0.2, 0) is 17.1 Å². The van der Waals surface area contributed by atoms with Crippen LogP contribution in [0.2, 0.25) is 19.6 Å². The minimum absolute atomic E-state index is 0. The molecule has 0 radical (unpaired) electrons. The van der Waals surface area contributed by atoms with Crippen molar-refractivity contribution in [3.05, 3.63) is 25.7 Å². The van der Waals surface area contributed by atoms with Gasteiger partial charge in [0.2, 0.25) is 0 Å². The molecule has 0 heterocycles. The Morgan fingerprint density at radius 2 is 0.750 bits per heavy atom. The number of hydrogen-bond donors (Lipinski definition) is 0. The van der Waals surface area contributed by atoms with Crippen LogP contribution in [0.3, 0.4) is 0 Å². The van der Waals surface area contributed by atoms with E-state index in [1.54, 1.807) is 19.6 Å². The molecule has 0 fully saturated rings. The van der Waals surface area contributed by atoms with Gasteiger partial charge in [0.25, 0.3) is 0 Å². The molecule has 0 aromatic heterocycles. The molecule has 0 spiro atoms.